The molecule has 0 N–H and O–H groups in total. The molecule has 124 valence electrons. The molecule has 0 aromatic heterocycles. The molecule has 0 amide bonds. The lowest BCUT2D eigenvalue weighted by atomic mass is 10.1. The van der Waals surface area contributed by atoms with Crippen LogP contribution in [-0.2, 0) is 18.9 Å². The molecular formula is C19H24O4. The van der Waals surface area contributed by atoms with Gasteiger partial charge in [-0.2, -0.15) is 0 Å². The highest BCUT2D eigenvalue weighted by molar-refractivity contribution is 5.66. The molecule has 1 aromatic rings. The van der Waals surface area contributed by atoms with Gasteiger partial charge in [0.25, 0.3) is 0 Å². The van der Waals surface area contributed by atoms with Crippen molar-refractivity contribution in [1.29, 1.82) is 0 Å². The zero-order valence-electron chi connectivity index (χ0n) is 13.6. The first kappa shape index (κ1) is 18.4. The molecule has 4 heteroatoms. The summed E-state index contributed by atoms with van der Waals surface area (Å²) in [4.78, 5) is 0. The van der Waals surface area contributed by atoms with Gasteiger partial charge in [0.2, 0.25) is 0 Å². The van der Waals surface area contributed by atoms with Crippen LogP contribution in [0.25, 0.3) is 5.76 Å². The molecule has 1 rings (SSSR count). The summed E-state index contributed by atoms with van der Waals surface area (Å²) in [7, 11) is 0. The molecule has 0 atom stereocenters. The molecule has 0 bridgehead atoms. The van der Waals surface area contributed by atoms with Gasteiger partial charge in [0.15, 0.2) is 11.5 Å². The average molecular weight is 316 g/mol. The second kappa shape index (κ2) is 11.0. The summed E-state index contributed by atoms with van der Waals surface area (Å²) in [5.41, 5.74) is 2.03. The largest absolute Gasteiger partial charge is 0.498 e. The van der Waals surface area contributed by atoms with Crippen LogP contribution in [0, 0.1) is 6.92 Å². The molecule has 0 heterocycles. The van der Waals surface area contributed by atoms with Gasteiger partial charge in [-0.3, -0.25) is 0 Å². The van der Waals surface area contributed by atoms with Gasteiger partial charge in [0.1, 0.15) is 26.4 Å². The summed E-state index contributed by atoms with van der Waals surface area (Å²) in [6.45, 7) is 14.4. The Morgan fingerprint density at radius 1 is 0.913 bits per heavy atom. The van der Waals surface area contributed by atoms with Gasteiger partial charge in [0.05, 0.1) is 12.5 Å². The highest BCUT2D eigenvalue weighted by Gasteiger charge is 2.13. The van der Waals surface area contributed by atoms with E-state index in [2.05, 4.69) is 19.7 Å². The third-order valence-corrected chi connectivity index (χ3v) is 2.94. The van der Waals surface area contributed by atoms with Crippen LogP contribution in [-0.4, -0.2) is 26.4 Å². The van der Waals surface area contributed by atoms with E-state index in [1.54, 1.807) is 6.08 Å². The zero-order chi connectivity index (χ0) is 16.9. The van der Waals surface area contributed by atoms with Crippen molar-refractivity contribution in [2.45, 2.75) is 6.92 Å². The predicted molar refractivity (Wildman–Crippen MR) is 92.5 cm³/mol. The Labute approximate surface area is 138 Å². The number of ether oxygens (including phenoxy) is 4. The van der Waals surface area contributed by atoms with Gasteiger partial charge in [0, 0.05) is 5.56 Å². The number of hydrogen-bond acceptors (Lipinski definition) is 4. The second-order valence-corrected chi connectivity index (χ2v) is 4.48. The Morgan fingerprint density at radius 2 is 1.52 bits per heavy atom. The lowest BCUT2D eigenvalue weighted by molar-refractivity contribution is 0.126. The van der Waals surface area contributed by atoms with E-state index in [9.17, 15) is 0 Å². The number of benzene rings is 1. The minimum absolute atomic E-state index is 0.370. The number of aryl methyl sites for hydroxylation is 1. The van der Waals surface area contributed by atoms with Crippen LogP contribution in [0.3, 0.4) is 0 Å². The predicted octanol–water partition coefficient (Wildman–Crippen LogP) is 4.20. The van der Waals surface area contributed by atoms with Crippen LogP contribution in [0.5, 0.6) is 0 Å². The lowest BCUT2D eigenvalue weighted by Gasteiger charge is -2.17. The number of hydrogen-bond donors (Lipinski definition) is 0. The Hall–Kier alpha value is -2.62. The average Bonchev–Trinajstić information content (AvgIpc) is 2.57. The van der Waals surface area contributed by atoms with Crippen LogP contribution < -0.4 is 0 Å². The molecule has 0 spiro atoms. The van der Waals surface area contributed by atoms with E-state index in [4.69, 9.17) is 18.9 Å². The van der Waals surface area contributed by atoms with Crippen LogP contribution >= 0.6 is 0 Å². The Balaban J connectivity index is 2.96. The van der Waals surface area contributed by atoms with E-state index in [1.807, 2.05) is 31.2 Å². The van der Waals surface area contributed by atoms with Gasteiger partial charge in [-0.25, -0.2) is 0 Å². The highest BCUT2D eigenvalue weighted by Crippen LogP contribution is 2.25. The third kappa shape index (κ3) is 6.34. The molecule has 0 saturated heterocycles. The summed E-state index contributed by atoms with van der Waals surface area (Å²) in [6, 6.07) is 7.92. The topological polar surface area (TPSA) is 36.9 Å². The quantitative estimate of drug-likeness (QED) is 0.329. The normalized spacial score (nSPS) is 11.0. The van der Waals surface area contributed by atoms with Crippen molar-refractivity contribution >= 4 is 5.76 Å². The minimum Gasteiger partial charge on any atom is -0.498 e. The monoisotopic (exact) mass is 316 g/mol. The van der Waals surface area contributed by atoms with Crippen molar-refractivity contribution < 1.29 is 18.9 Å². The fraction of sp³-hybridized carbons (Fsp3) is 0.263. The van der Waals surface area contributed by atoms with Crippen molar-refractivity contribution in [3.05, 3.63) is 79.5 Å². The van der Waals surface area contributed by atoms with Gasteiger partial charge in [-0.05, 0) is 18.6 Å². The summed E-state index contributed by atoms with van der Waals surface area (Å²) >= 11 is 0. The van der Waals surface area contributed by atoms with Gasteiger partial charge < -0.3 is 18.9 Å². The Kier molecular flexibility index (Phi) is 8.83. The summed E-state index contributed by atoms with van der Waals surface area (Å²) in [5, 5.41) is 0. The standard InChI is InChI=1S/C19H24O4/c1-5-18(22-14-12-20-6-2)19(23-15-13-21-7-3)17-11-9-8-10-16(17)4/h5-11H,1-3,12-15H2,4H3/b19-18-. The summed E-state index contributed by atoms with van der Waals surface area (Å²) < 4.78 is 21.8. The zero-order valence-corrected chi connectivity index (χ0v) is 13.6. The molecule has 0 aliphatic heterocycles. The van der Waals surface area contributed by atoms with Crippen LogP contribution in [0.1, 0.15) is 11.1 Å². The van der Waals surface area contributed by atoms with Crippen molar-refractivity contribution in [2.75, 3.05) is 26.4 Å². The molecular weight excluding hydrogens is 292 g/mol. The van der Waals surface area contributed by atoms with Crippen LogP contribution in [0.4, 0.5) is 0 Å². The third-order valence-electron chi connectivity index (χ3n) is 2.94. The molecule has 4 nitrogen and oxygen atoms in total. The lowest BCUT2D eigenvalue weighted by Crippen LogP contribution is -2.07. The Bertz CT molecular complexity index is 546. The van der Waals surface area contributed by atoms with Crippen molar-refractivity contribution in [2.24, 2.45) is 0 Å². The van der Waals surface area contributed by atoms with Crippen molar-refractivity contribution in [3.63, 3.8) is 0 Å². The van der Waals surface area contributed by atoms with Gasteiger partial charge in [-0.15, -0.1) is 0 Å². The van der Waals surface area contributed by atoms with Gasteiger partial charge >= 0.3 is 0 Å². The molecule has 1 aromatic carbocycles. The van der Waals surface area contributed by atoms with Crippen LogP contribution in [0.2, 0.25) is 0 Å². The summed E-state index contributed by atoms with van der Waals surface area (Å²) in [5.74, 6) is 1.19. The van der Waals surface area contributed by atoms with E-state index < -0.39 is 0 Å². The SMILES string of the molecule is C=COCCO/C(C=C)=C(\OCCOC=C)c1ccccc1C. The molecule has 0 saturated carbocycles. The van der Waals surface area contributed by atoms with Crippen molar-refractivity contribution in [1.82, 2.24) is 0 Å². The summed E-state index contributed by atoms with van der Waals surface area (Å²) in [6.07, 6.45) is 4.40. The maximum Gasteiger partial charge on any atom is 0.168 e. The first-order valence-corrected chi connectivity index (χ1v) is 7.38. The maximum absolute atomic E-state index is 5.87. The first-order valence-electron chi connectivity index (χ1n) is 7.38. The van der Waals surface area contributed by atoms with Crippen molar-refractivity contribution in [3.8, 4) is 0 Å². The second-order valence-electron chi connectivity index (χ2n) is 4.48. The molecule has 0 unspecified atom stereocenters. The molecule has 0 fully saturated rings. The van der Waals surface area contributed by atoms with E-state index in [-0.39, 0.29) is 0 Å². The van der Waals surface area contributed by atoms with E-state index in [0.29, 0.717) is 37.9 Å². The fourth-order valence-corrected chi connectivity index (χ4v) is 1.88. The minimum atomic E-state index is 0.370. The van der Waals surface area contributed by atoms with E-state index >= 15 is 0 Å². The smallest absolute Gasteiger partial charge is 0.168 e. The van der Waals surface area contributed by atoms with E-state index in [1.165, 1.54) is 12.5 Å². The molecule has 0 aliphatic carbocycles. The van der Waals surface area contributed by atoms with Gasteiger partial charge in [-0.1, -0.05) is 44.0 Å². The number of rotatable bonds is 12. The maximum atomic E-state index is 5.87. The number of allylic oxidation sites excluding steroid dienone is 1. The van der Waals surface area contributed by atoms with Crippen LogP contribution in [0.15, 0.2) is 68.4 Å². The first-order chi connectivity index (χ1) is 11.2. The van der Waals surface area contributed by atoms with E-state index in [0.717, 1.165) is 11.1 Å². The molecule has 23 heavy (non-hydrogen) atoms. The molecule has 0 radical (unpaired) electrons. The fourth-order valence-electron chi connectivity index (χ4n) is 1.88. The Morgan fingerprint density at radius 3 is 2.09 bits per heavy atom. The highest BCUT2D eigenvalue weighted by atomic mass is 16.5. The molecule has 0 aliphatic rings.